The van der Waals surface area contributed by atoms with E-state index in [0.717, 1.165) is 23.2 Å². The number of carbonyl (C=O) groups excluding carboxylic acids is 3. The molecule has 1 aliphatic heterocycles. The Morgan fingerprint density at radius 1 is 1.06 bits per heavy atom. The fraction of sp³-hybridized carbons (Fsp3) is 0.375. The van der Waals surface area contributed by atoms with Crippen LogP contribution in [-0.4, -0.2) is 60.2 Å². The predicted molar refractivity (Wildman–Crippen MR) is 132 cm³/mol. The number of likely N-dealkylation sites (tertiary alicyclic amines) is 1. The molecule has 2 N–H and O–H groups in total. The monoisotopic (exact) mass is 490 g/mol. The summed E-state index contributed by atoms with van der Waals surface area (Å²) in [5, 5.41) is 6.57. The van der Waals surface area contributed by atoms with Crippen LogP contribution in [0.2, 0.25) is 10.0 Å². The van der Waals surface area contributed by atoms with Gasteiger partial charge in [0, 0.05) is 28.5 Å². The van der Waals surface area contributed by atoms with Crippen LogP contribution in [0.5, 0.6) is 0 Å². The Balaban J connectivity index is 1.55. The number of rotatable bonds is 7. The van der Waals surface area contributed by atoms with E-state index in [1.54, 1.807) is 25.2 Å². The SMILES string of the molecule is Cc1cccc(C)c1NC(=O)CN(C)C(=O)CN1CCCC1C(=O)Nc1cc(Cl)cc(Cl)c1. The van der Waals surface area contributed by atoms with E-state index in [9.17, 15) is 14.4 Å². The van der Waals surface area contributed by atoms with Gasteiger partial charge in [0.2, 0.25) is 17.7 Å². The molecule has 9 heteroatoms. The summed E-state index contributed by atoms with van der Waals surface area (Å²) in [5.74, 6) is -0.706. The molecule has 0 spiro atoms. The number of nitrogens with one attached hydrogen (secondary N) is 2. The molecule has 2 aromatic rings. The summed E-state index contributed by atoms with van der Waals surface area (Å²) in [6, 6.07) is 10.2. The van der Waals surface area contributed by atoms with Crippen LogP contribution in [0.1, 0.15) is 24.0 Å². The fourth-order valence-corrected chi connectivity index (χ4v) is 4.48. The Labute approximate surface area is 204 Å². The van der Waals surface area contributed by atoms with Gasteiger partial charge in [0.1, 0.15) is 0 Å². The lowest BCUT2D eigenvalue weighted by Crippen LogP contribution is -2.46. The number of nitrogens with zero attached hydrogens (tertiary/aromatic N) is 2. The van der Waals surface area contributed by atoms with Crippen molar-refractivity contribution in [3.8, 4) is 0 Å². The molecule has 3 rings (SSSR count). The Morgan fingerprint density at radius 3 is 2.33 bits per heavy atom. The number of likely N-dealkylation sites (N-methyl/N-ethyl adjacent to an activating group) is 1. The largest absolute Gasteiger partial charge is 0.335 e. The van der Waals surface area contributed by atoms with E-state index >= 15 is 0 Å². The summed E-state index contributed by atoms with van der Waals surface area (Å²) in [7, 11) is 1.59. The van der Waals surface area contributed by atoms with E-state index in [4.69, 9.17) is 23.2 Å². The van der Waals surface area contributed by atoms with E-state index < -0.39 is 6.04 Å². The zero-order valence-electron chi connectivity index (χ0n) is 19.0. The lowest BCUT2D eigenvalue weighted by Gasteiger charge is -2.26. The summed E-state index contributed by atoms with van der Waals surface area (Å²) >= 11 is 12.0. The Bertz CT molecular complexity index is 1020. The van der Waals surface area contributed by atoms with Gasteiger partial charge in [-0.1, -0.05) is 41.4 Å². The van der Waals surface area contributed by atoms with Crippen LogP contribution >= 0.6 is 23.2 Å². The molecule has 1 saturated heterocycles. The van der Waals surface area contributed by atoms with Crippen molar-refractivity contribution in [3.05, 3.63) is 57.6 Å². The number of amides is 3. The number of anilines is 2. The van der Waals surface area contributed by atoms with E-state index in [2.05, 4.69) is 10.6 Å². The highest BCUT2D eigenvalue weighted by atomic mass is 35.5. The van der Waals surface area contributed by atoms with Crippen LogP contribution in [0.25, 0.3) is 0 Å². The topological polar surface area (TPSA) is 81.8 Å². The van der Waals surface area contributed by atoms with Crippen molar-refractivity contribution in [2.45, 2.75) is 32.7 Å². The van der Waals surface area contributed by atoms with Gasteiger partial charge in [0.15, 0.2) is 0 Å². The van der Waals surface area contributed by atoms with Crippen LogP contribution in [0.4, 0.5) is 11.4 Å². The number of aryl methyl sites for hydroxylation is 2. The zero-order chi connectivity index (χ0) is 24.1. The van der Waals surface area contributed by atoms with Gasteiger partial charge < -0.3 is 15.5 Å². The van der Waals surface area contributed by atoms with Crippen molar-refractivity contribution in [3.63, 3.8) is 0 Å². The third-order valence-corrected chi connectivity index (χ3v) is 6.12. The smallest absolute Gasteiger partial charge is 0.243 e. The van der Waals surface area contributed by atoms with E-state index in [1.165, 1.54) is 4.90 Å². The quantitative estimate of drug-likeness (QED) is 0.611. The van der Waals surface area contributed by atoms with Crippen LogP contribution < -0.4 is 10.6 Å². The highest BCUT2D eigenvalue weighted by Gasteiger charge is 2.32. The van der Waals surface area contributed by atoms with Crippen molar-refractivity contribution in [1.29, 1.82) is 0 Å². The minimum absolute atomic E-state index is 0.0571. The maximum absolute atomic E-state index is 12.8. The minimum atomic E-state index is -0.441. The summed E-state index contributed by atoms with van der Waals surface area (Å²) in [6.45, 7) is 4.46. The first-order valence-corrected chi connectivity index (χ1v) is 11.5. The van der Waals surface area contributed by atoms with Crippen molar-refractivity contribution in [1.82, 2.24) is 9.80 Å². The zero-order valence-corrected chi connectivity index (χ0v) is 20.5. The summed E-state index contributed by atoms with van der Waals surface area (Å²) in [6.07, 6.45) is 1.45. The normalized spacial score (nSPS) is 15.8. The molecule has 1 heterocycles. The molecule has 0 bridgehead atoms. The third-order valence-electron chi connectivity index (χ3n) is 5.69. The summed E-state index contributed by atoms with van der Waals surface area (Å²) in [4.78, 5) is 41.3. The first-order chi connectivity index (χ1) is 15.6. The molecule has 0 radical (unpaired) electrons. The number of halogens is 2. The average Bonchev–Trinajstić information content (AvgIpc) is 3.18. The second kappa shape index (κ2) is 11.0. The van der Waals surface area contributed by atoms with Gasteiger partial charge in [-0.2, -0.15) is 0 Å². The van der Waals surface area contributed by atoms with E-state index in [0.29, 0.717) is 28.7 Å². The van der Waals surface area contributed by atoms with Crippen molar-refractivity contribution in [2.75, 3.05) is 37.3 Å². The molecular weight excluding hydrogens is 463 g/mol. The Hall–Kier alpha value is -2.61. The van der Waals surface area contributed by atoms with Gasteiger partial charge in [-0.15, -0.1) is 0 Å². The number of hydrogen-bond acceptors (Lipinski definition) is 4. The minimum Gasteiger partial charge on any atom is -0.335 e. The first-order valence-electron chi connectivity index (χ1n) is 10.7. The maximum Gasteiger partial charge on any atom is 0.243 e. The molecule has 1 unspecified atom stereocenters. The highest BCUT2D eigenvalue weighted by Crippen LogP contribution is 2.24. The highest BCUT2D eigenvalue weighted by molar-refractivity contribution is 6.35. The lowest BCUT2D eigenvalue weighted by atomic mass is 10.1. The van der Waals surface area contributed by atoms with Crippen LogP contribution in [0.15, 0.2) is 36.4 Å². The maximum atomic E-state index is 12.8. The molecule has 3 amide bonds. The second-order valence-corrected chi connectivity index (χ2v) is 9.21. The number of hydrogen-bond donors (Lipinski definition) is 2. The number of benzene rings is 2. The Morgan fingerprint density at radius 2 is 1.70 bits per heavy atom. The number of carbonyl (C=O) groups is 3. The lowest BCUT2D eigenvalue weighted by molar-refractivity contribution is -0.135. The van der Waals surface area contributed by atoms with Gasteiger partial charge in [-0.3, -0.25) is 19.3 Å². The van der Waals surface area contributed by atoms with Gasteiger partial charge in [-0.05, 0) is 62.6 Å². The molecule has 33 heavy (non-hydrogen) atoms. The number of para-hydroxylation sites is 1. The molecule has 1 fully saturated rings. The molecule has 1 aliphatic rings. The van der Waals surface area contributed by atoms with Gasteiger partial charge >= 0.3 is 0 Å². The van der Waals surface area contributed by atoms with E-state index in [1.807, 2.05) is 36.9 Å². The molecule has 7 nitrogen and oxygen atoms in total. The summed E-state index contributed by atoms with van der Waals surface area (Å²) < 4.78 is 0. The fourth-order valence-electron chi connectivity index (χ4n) is 3.95. The molecule has 1 atom stereocenters. The van der Waals surface area contributed by atoms with Crippen LogP contribution in [0.3, 0.4) is 0 Å². The predicted octanol–water partition coefficient (Wildman–Crippen LogP) is 4.11. The van der Waals surface area contributed by atoms with Gasteiger partial charge in [0.25, 0.3) is 0 Å². The first kappa shape index (κ1) is 25.0. The third kappa shape index (κ3) is 6.69. The molecule has 2 aromatic carbocycles. The van der Waals surface area contributed by atoms with E-state index in [-0.39, 0.29) is 30.8 Å². The second-order valence-electron chi connectivity index (χ2n) is 8.34. The molecule has 0 saturated carbocycles. The van der Waals surface area contributed by atoms with Gasteiger partial charge in [-0.25, -0.2) is 0 Å². The average molecular weight is 491 g/mol. The summed E-state index contributed by atoms with van der Waals surface area (Å²) in [5.41, 5.74) is 3.20. The van der Waals surface area contributed by atoms with Crippen LogP contribution in [0, 0.1) is 13.8 Å². The molecule has 0 aromatic heterocycles. The van der Waals surface area contributed by atoms with Crippen molar-refractivity contribution in [2.24, 2.45) is 0 Å². The van der Waals surface area contributed by atoms with Crippen LogP contribution in [-0.2, 0) is 14.4 Å². The van der Waals surface area contributed by atoms with Crippen molar-refractivity contribution >= 4 is 52.3 Å². The van der Waals surface area contributed by atoms with Crippen molar-refractivity contribution < 1.29 is 14.4 Å². The standard InChI is InChI=1S/C24H28Cl2N4O3/c1-15-6-4-7-16(2)23(15)28-21(31)13-29(3)22(32)14-30-9-5-8-20(30)24(33)27-19-11-17(25)10-18(26)12-19/h4,6-7,10-12,20H,5,8-9,13-14H2,1-3H3,(H,27,33)(H,28,31). The molecule has 0 aliphatic carbocycles. The van der Waals surface area contributed by atoms with Gasteiger partial charge in [0.05, 0.1) is 19.1 Å². The molecule has 176 valence electrons. The Kier molecular flexibility index (Phi) is 8.35. The molecular formula is C24H28Cl2N4O3.